The average Bonchev–Trinajstić information content (AvgIpc) is 2.67. The highest BCUT2D eigenvalue weighted by atomic mass is 31.1. The van der Waals surface area contributed by atoms with Gasteiger partial charge in [0.1, 0.15) is 0 Å². The molecule has 0 aromatic heterocycles. The standard InChI is InChI=1S/C21H23NP2/c1-4-11-19(12-5-1)23-22-17-10-18-24(20-13-6-2-7-14-20)21-15-8-3-9-16-21/h1-9,11-16,22-23H,10,17-18H2. The summed E-state index contributed by atoms with van der Waals surface area (Å²) in [5, 5.41) is 7.93. The zero-order chi connectivity index (χ0) is 16.5. The summed E-state index contributed by atoms with van der Waals surface area (Å²) in [6.07, 6.45) is 2.44. The van der Waals surface area contributed by atoms with Crippen molar-refractivity contribution in [1.29, 1.82) is 0 Å². The molecule has 1 nitrogen and oxygen atoms in total. The quantitative estimate of drug-likeness (QED) is 0.477. The SMILES string of the molecule is c1ccc(PNCCCP(c2ccccc2)c2ccccc2)cc1. The van der Waals surface area contributed by atoms with Gasteiger partial charge in [0.05, 0.1) is 0 Å². The van der Waals surface area contributed by atoms with Gasteiger partial charge in [-0.1, -0.05) is 91.0 Å². The summed E-state index contributed by atoms with van der Waals surface area (Å²) < 4.78 is 0. The third-order valence-corrected chi connectivity index (χ3v) is 7.48. The van der Waals surface area contributed by atoms with Gasteiger partial charge in [0.2, 0.25) is 0 Å². The molecule has 1 N–H and O–H groups in total. The Morgan fingerprint density at radius 3 is 1.71 bits per heavy atom. The van der Waals surface area contributed by atoms with Crippen molar-refractivity contribution in [3.05, 3.63) is 91.0 Å². The zero-order valence-corrected chi connectivity index (χ0v) is 15.6. The molecule has 0 saturated heterocycles. The number of benzene rings is 3. The van der Waals surface area contributed by atoms with Gasteiger partial charge in [-0.05, 0) is 51.7 Å². The summed E-state index contributed by atoms with van der Waals surface area (Å²) in [5.41, 5.74) is 0. The monoisotopic (exact) mass is 351 g/mol. The van der Waals surface area contributed by atoms with Crippen molar-refractivity contribution in [1.82, 2.24) is 5.09 Å². The van der Waals surface area contributed by atoms with Crippen LogP contribution in [0.15, 0.2) is 91.0 Å². The summed E-state index contributed by atoms with van der Waals surface area (Å²) in [6, 6.07) is 32.6. The lowest BCUT2D eigenvalue weighted by Gasteiger charge is -2.18. The molecule has 0 aliphatic carbocycles. The molecule has 1 atom stereocenters. The van der Waals surface area contributed by atoms with E-state index in [4.69, 9.17) is 0 Å². The fourth-order valence-electron chi connectivity index (χ4n) is 2.63. The highest BCUT2D eigenvalue weighted by Gasteiger charge is 2.12. The van der Waals surface area contributed by atoms with E-state index in [1.165, 1.54) is 28.5 Å². The van der Waals surface area contributed by atoms with Gasteiger partial charge in [-0.2, -0.15) is 0 Å². The van der Waals surface area contributed by atoms with Gasteiger partial charge in [-0.3, -0.25) is 5.09 Å². The van der Waals surface area contributed by atoms with E-state index in [1.54, 1.807) is 0 Å². The predicted octanol–water partition coefficient (Wildman–Crippen LogP) is 4.02. The van der Waals surface area contributed by atoms with Crippen LogP contribution in [-0.4, -0.2) is 12.7 Å². The van der Waals surface area contributed by atoms with Crippen molar-refractivity contribution in [2.45, 2.75) is 6.42 Å². The maximum atomic E-state index is 3.60. The number of rotatable bonds is 8. The third-order valence-electron chi connectivity index (χ3n) is 3.83. The van der Waals surface area contributed by atoms with Gasteiger partial charge in [0, 0.05) is 0 Å². The molecule has 0 saturated carbocycles. The normalized spacial score (nSPS) is 11.4. The summed E-state index contributed by atoms with van der Waals surface area (Å²) >= 11 is 0. The molecule has 1 unspecified atom stereocenters. The first-order valence-electron chi connectivity index (χ1n) is 8.35. The number of hydrogen-bond donors (Lipinski definition) is 1. The second-order valence-corrected chi connectivity index (χ2v) is 9.11. The summed E-state index contributed by atoms with van der Waals surface area (Å²) in [5.74, 6) is 0. The van der Waals surface area contributed by atoms with Crippen LogP contribution < -0.4 is 21.0 Å². The highest BCUT2D eigenvalue weighted by Crippen LogP contribution is 2.33. The molecule has 0 fully saturated rings. The van der Waals surface area contributed by atoms with Crippen molar-refractivity contribution in [3.63, 3.8) is 0 Å². The molecule has 0 spiro atoms. The van der Waals surface area contributed by atoms with Crippen molar-refractivity contribution >= 4 is 32.6 Å². The second kappa shape index (κ2) is 9.70. The Balaban J connectivity index is 1.55. The molecule has 3 aromatic rings. The van der Waals surface area contributed by atoms with Crippen LogP contribution in [0.5, 0.6) is 0 Å². The van der Waals surface area contributed by atoms with E-state index in [9.17, 15) is 0 Å². The maximum absolute atomic E-state index is 3.60. The Bertz CT molecular complexity index is 662. The topological polar surface area (TPSA) is 12.0 Å². The molecule has 3 heteroatoms. The zero-order valence-electron chi connectivity index (χ0n) is 13.7. The van der Waals surface area contributed by atoms with Gasteiger partial charge in [-0.25, -0.2) is 0 Å². The van der Waals surface area contributed by atoms with E-state index in [0.717, 1.165) is 6.54 Å². The first-order chi connectivity index (χ1) is 11.9. The Morgan fingerprint density at radius 1 is 0.667 bits per heavy atom. The van der Waals surface area contributed by atoms with Crippen LogP contribution in [0.2, 0.25) is 0 Å². The average molecular weight is 351 g/mol. The number of nitrogens with one attached hydrogen (secondary N) is 1. The lowest BCUT2D eigenvalue weighted by atomic mass is 10.4. The molecular formula is C21H23NP2. The maximum Gasteiger partial charge on any atom is -0.000580 e. The Morgan fingerprint density at radius 2 is 1.17 bits per heavy atom. The van der Waals surface area contributed by atoms with Crippen LogP contribution in [0.1, 0.15) is 6.42 Å². The van der Waals surface area contributed by atoms with Crippen molar-refractivity contribution in [3.8, 4) is 0 Å². The Kier molecular flexibility index (Phi) is 6.99. The largest absolute Gasteiger partial charge is 0.295 e. The van der Waals surface area contributed by atoms with Crippen molar-refractivity contribution < 1.29 is 0 Å². The van der Waals surface area contributed by atoms with Crippen molar-refractivity contribution in [2.75, 3.05) is 12.7 Å². The van der Waals surface area contributed by atoms with E-state index in [1.807, 2.05) is 0 Å². The van der Waals surface area contributed by atoms with Crippen LogP contribution in [-0.2, 0) is 0 Å². The molecule has 122 valence electrons. The van der Waals surface area contributed by atoms with E-state index < -0.39 is 0 Å². The molecule has 3 aromatic carbocycles. The first kappa shape index (κ1) is 17.3. The van der Waals surface area contributed by atoms with E-state index in [-0.39, 0.29) is 7.92 Å². The van der Waals surface area contributed by atoms with Gasteiger partial charge in [-0.15, -0.1) is 0 Å². The Hall–Kier alpha value is -1.52. The highest BCUT2D eigenvalue weighted by molar-refractivity contribution is 7.73. The smallest absolute Gasteiger partial charge is 0.000580 e. The minimum atomic E-state index is -0.259. The van der Waals surface area contributed by atoms with Gasteiger partial charge in [0.15, 0.2) is 0 Å². The predicted molar refractivity (Wildman–Crippen MR) is 111 cm³/mol. The van der Waals surface area contributed by atoms with Crippen molar-refractivity contribution in [2.24, 2.45) is 0 Å². The van der Waals surface area contributed by atoms with Crippen LogP contribution >= 0.6 is 16.7 Å². The van der Waals surface area contributed by atoms with Gasteiger partial charge in [0.25, 0.3) is 0 Å². The molecular weight excluding hydrogens is 328 g/mol. The molecule has 0 aliphatic heterocycles. The Labute approximate surface area is 148 Å². The lowest BCUT2D eigenvalue weighted by Crippen LogP contribution is -2.16. The minimum Gasteiger partial charge on any atom is -0.295 e. The molecule has 0 heterocycles. The van der Waals surface area contributed by atoms with E-state index >= 15 is 0 Å². The first-order valence-corrected chi connectivity index (χ1v) is 10.9. The van der Waals surface area contributed by atoms with Gasteiger partial charge >= 0.3 is 0 Å². The van der Waals surface area contributed by atoms with Crippen LogP contribution in [0.4, 0.5) is 0 Å². The molecule has 0 amide bonds. The molecule has 24 heavy (non-hydrogen) atoms. The minimum absolute atomic E-state index is 0.259. The summed E-state index contributed by atoms with van der Waals surface area (Å²) in [4.78, 5) is 0. The second-order valence-electron chi connectivity index (χ2n) is 5.59. The lowest BCUT2D eigenvalue weighted by molar-refractivity contribution is 0.882. The fraction of sp³-hybridized carbons (Fsp3) is 0.143. The van der Waals surface area contributed by atoms with Crippen LogP contribution in [0.3, 0.4) is 0 Å². The summed E-state index contributed by atoms with van der Waals surface area (Å²) in [7, 11) is 0.439. The van der Waals surface area contributed by atoms with E-state index in [2.05, 4.69) is 96.1 Å². The van der Waals surface area contributed by atoms with Crippen LogP contribution in [0.25, 0.3) is 0 Å². The number of hydrogen-bond acceptors (Lipinski definition) is 1. The fourth-order valence-corrected chi connectivity index (χ4v) is 5.85. The van der Waals surface area contributed by atoms with Gasteiger partial charge < -0.3 is 0 Å². The van der Waals surface area contributed by atoms with Crippen LogP contribution in [0, 0.1) is 0 Å². The molecule has 3 rings (SSSR count). The van der Waals surface area contributed by atoms with E-state index in [0.29, 0.717) is 8.73 Å². The molecule has 0 aliphatic rings. The summed E-state index contributed by atoms with van der Waals surface area (Å²) in [6.45, 7) is 1.08. The third kappa shape index (κ3) is 5.25. The molecule has 0 bridgehead atoms. The molecule has 0 radical (unpaired) electrons.